The van der Waals surface area contributed by atoms with Gasteiger partial charge >= 0.3 is 5.97 Å². The van der Waals surface area contributed by atoms with E-state index in [1.165, 1.54) is 4.31 Å². The van der Waals surface area contributed by atoms with Crippen LogP contribution in [0.15, 0.2) is 42.5 Å². The van der Waals surface area contributed by atoms with Crippen LogP contribution in [0.1, 0.15) is 38.8 Å². The summed E-state index contributed by atoms with van der Waals surface area (Å²) in [5.41, 5.74) is 3.31. The minimum absolute atomic E-state index is 0.325. The van der Waals surface area contributed by atoms with E-state index in [-0.39, 0.29) is 12.4 Å². The number of nitrogens with zero attached hydrogens (tertiary/aromatic N) is 1. The Kier molecular flexibility index (Phi) is 5.32. The third-order valence-corrected chi connectivity index (χ3v) is 5.77. The number of rotatable bonds is 6. The van der Waals surface area contributed by atoms with Gasteiger partial charge in [0.2, 0.25) is 10.0 Å². The molecule has 2 aromatic rings. The number of sulfonamides is 1. The van der Waals surface area contributed by atoms with Crippen LogP contribution in [0.25, 0.3) is 0 Å². The van der Waals surface area contributed by atoms with Gasteiger partial charge in [0, 0.05) is 12.1 Å². The third kappa shape index (κ3) is 4.19. The van der Waals surface area contributed by atoms with Gasteiger partial charge in [-0.1, -0.05) is 19.1 Å². The van der Waals surface area contributed by atoms with Gasteiger partial charge in [-0.3, -0.25) is 9.10 Å². The summed E-state index contributed by atoms with van der Waals surface area (Å²) >= 11 is 0. The van der Waals surface area contributed by atoms with Gasteiger partial charge in [-0.2, -0.15) is 0 Å². The summed E-state index contributed by atoms with van der Waals surface area (Å²) in [6, 6.07) is 11.9. The minimum Gasteiger partial charge on any atom is -0.454 e. The summed E-state index contributed by atoms with van der Waals surface area (Å²) in [4.78, 5) is 24.4. The van der Waals surface area contributed by atoms with Crippen LogP contribution in [-0.2, 0) is 27.6 Å². The Morgan fingerprint density at radius 2 is 1.74 bits per heavy atom. The first-order valence-corrected chi connectivity index (χ1v) is 10.5. The molecule has 0 saturated carbocycles. The highest BCUT2D eigenvalue weighted by molar-refractivity contribution is 7.92. The summed E-state index contributed by atoms with van der Waals surface area (Å²) < 4.78 is 30.0. The first-order valence-electron chi connectivity index (χ1n) is 8.69. The van der Waals surface area contributed by atoms with Crippen molar-refractivity contribution in [2.75, 3.05) is 23.7 Å². The van der Waals surface area contributed by atoms with Crippen molar-refractivity contribution in [3.63, 3.8) is 0 Å². The van der Waals surface area contributed by atoms with E-state index < -0.39 is 16.0 Å². The number of benzene rings is 2. The Balaban J connectivity index is 1.66. The van der Waals surface area contributed by atoms with Crippen LogP contribution >= 0.6 is 0 Å². The van der Waals surface area contributed by atoms with Gasteiger partial charge in [0.05, 0.1) is 17.5 Å². The van der Waals surface area contributed by atoms with E-state index in [0.717, 1.165) is 23.8 Å². The van der Waals surface area contributed by atoms with Gasteiger partial charge in [0.1, 0.15) is 0 Å². The van der Waals surface area contributed by atoms with Crippen LogP contribution in [0.5, 0.6) is 0 Å². The Morgan fingerprint density at radius 3 is 2.37 bits per heavy atom. The molecule has 0 spiro atoms. The predicted molar refractivity (Wildman–Crippen MR) is 103 cm³/mol. The average Bonchev–Trinajstić information content (AvgIpc) is 3.09. The highest BCUT2D eigenvalue weighted by Gasteiger charge is 2.26. The van der Waals surface area contributed by atoms with E-state index in [1.807, 2.05) is 19.1 Å². The second kappa shape index (κ2) is 7.52. The van der Waals surface area contributed by atoms with Gasteiger partial charge in [0.15, 0.2) is 12.4 Å². The third-order valence-electron chi connectivity index (χ3n) is 4.59. The van der Waals surface area contributed by atoms with Crippen LogP contribution in [0.2, 0.25) is 0 Å². The number of hydrogen-bond donors (Lipinski definition) is 0. The van der Waals surface area contributed by atoms with E-state index in [2.05, 4.69) is 0 Å². The zero-order valence-corrected chi connectivity index (χ0v) is 16.1. The first-order chi connectivity index (χ1) is 12.8. The fourth-order valence-corrected chi connectivity index (χ4v) is 4.02. The van der Waals surface area contributed by atoms with Gasteiger partial charge in [-0.05, 0) is 54.3 Å². The molecule has 1 aliphatic rings. The van der Waals surface area contributed by atoms with Gasteiger partial charge in [-0.25, -0.2) is 13.2 Å². The molecule has 0 fully saturated rings. The van der Waals surface area contributed by atoms with Crippen molar-refractivity contribution >= 4 is 27.5 Å². The van der Waals surface area contributed by atoms with Crippen molar-refractivity contribution in [1.82, 2.24) is 0 Å². The lowest BCUT2D eigenvalue weighted by atomic mass is 10.1. The van der Waals surface area contributed by atoms with Crippen LogP contribution in [-0.4, -0.2) is 39.6 Å². The molecule has 1 aliphatic heterocycles. The summed E-state index contributed by atoms with van der Waals surface area (Å²) in [6.45, 7) is 2.04. The van der Waals surface area contributed by atoms with Crippen LogP contribution in [0.4, 0.5) is 5.69 Å². The molecule has 0 atom stereocenters. The summed E-state index contributed by atoms with van der Waals surface area (Å²) in [7, 11) is -3.33. The summed E-state index contributed by atoms with van der Waals surface area (Å²) in [5.74, 6) is -0.871. The van der Waals surface area contributed by atoms with Gasteiger partial charge in [-0.15, -0.1) is 0 Å². The smallest absolute Gasteiger partial charge is 0.338 e. The maximum Gasteiger partial charge on any atom is 0.338 e. The molecular formula is C20H21NO5S. The number of carbonyl (C=O) groups is 2. The predicted octanol–water partition coefficient (Wildman–Crippen LogP) is 2.61. The fourth-order valence-electron chi connectivity index (χ4n) is 3.06. The number of fused-ring (bicyclic) bond motifs is 1. The SMILES string of the molecule is CCc1ccc(C(=O)OCC(=O)c2ccc3c(c2)CCN3S(C)(=O)=O)cc1. The molecule has 142 valence electrons. The van der Waals surface area contributed by atoms with Gasteiger partial charge in [0.25, 0.3) is 0 Å². The Bertz CT molecular complexity index is 980. The molecule has 27 heavy (non-hydrogen) atoms. The van der Waals surface area contributed by atoms with Crippen molar-refractivity contribution in [2.45, 2.75) is 19.8 Å². The second-order valence-corrected chi connectivity index (χ2v) is 8.39. The van der Waals surface area contributed by atoms with Crippen molar-refractivity contribution in [1.29, 1.82) is 0 Å². The van der Waals surface area contributed by atoms with Crippen molar-refractivity contribution in [2.24, 2.45) is 0 Å². The molecule has 2 aromatic carbocycles. The number of ketones is 1. The highest BCUT2D eigenvalue weighted by atomic mass is 32.2. The molecule has 0 N–H and O–H groups in total. The normalized spacial score (nSPS) is 13.3. The Labute approximate surface area is 158 Å². The number of Topliss-reactive ketones (excluding diaryl/α,β-unsaturated/α-hetero) is 1. The second-order valence-electron chi connectivity index (χ2n) is 6.48. The maximum atomic E-state index is 12.4. The molecule has 0 saturated heterocycles. The van der Waals surface area contributed by atoms with Crippen molar-refractivity contribution < 1.29 is 22.7 Å². The van der Waals surface area contributed by atoms with E-state index in [0.29, 0.717) is 29.8 Å². The van der Waals surface area contributed by atoms with E-state index in [4.69, 9.17) is 4.74 Å². The number of hydrogen-bond acceptors (Lipinski definition) is 5. The maximum absolute atomic E-state index is 12.4. The molecule has 7 heteroatoms. The number of ether oxygens (including phenoxy) is 1. The van der Waals surface area contributed by atoms with Gasteiger partial charge < -0.3 is 4.74 Å². The standard InChI is InChI=1S/C20H21NO5S/c1-3-14-4-6-15(7-5-14)20(23)26-13-19(22)17-8-9-18-16(12-17)10-11-21(18)27(2,24)25/h4-9,12H,3,10-11,13H2,1-2H3. The topological polar surface area (TPSA) is 80.8 Å². The number of aryl methyl sites for hydroxylation is 1. The molecule has 0 radical (unpaired) electrons. The average molecular weight is 387 g/mol. The molecule has 6 nitrogen and oxygen atoms in total. The molecule has 1 heterocycles. The van der Waals surface area contributed by atoms with Crippen molar-refractivity contribution in [3.8, 4) is 0 Å². The van der Waals surface area contributed by atoms with E-state index >= 15 is 0 Å². The molecule has 0 bridgehead atoms. The molecule has 0 unspecified atom stereocenters. The monoisotopic (exact) mass is 387 g/mol. The molecule has 0 amide bonds. The highest BCUT2D eigenvalue weighted by Crippen LogP contribution is 2.30. The Hall–Kier alpha value is -2.67. The Morgan fingerprint density at radius 1 is 1.07 bits per heavy atom. The number of esters is 1. The van der Waals surface area contributed by atoms with Crippen molar-refractivity contribution in [3.05, 3.63) is 64.7 Å². The quantitative estimate of drug-likeness (QED) is 0.562. The molecule has 0 aliphatic carbocycles. The lowest BCUT2D eigenvalue weighted by Crippen LogP contribution is -2.27. The lowest BCUT2D eigenvalue weighted by Gasteiger charge is -2.16. The van der Waals surface area contributed by atoms with E-state index in [9.17, 15) is 18.0 Å². The fraction of sp³-hybridized carbons (Fsp3) is 0.300. The van der Waals surface area contributed by atoms with Crippen LogP contribution < -0.4 is 4.31 Å². The number of anilines is 1. The number of carbonyl (C=O) groups excluding carboxylic acids is 2. The van der Waals surface area contributed by atoms with E-state index in [1.54, 1.807) is 30.3 Å². The summed E-state index contributed by atoms with van der Waals surface area (Å²) in [5, 5.41) is 0. The molecule has 0 aromatic heterocycles. The largest absolute Gasteiger partial charge is 0.454 e. The minimum atomic E-state index is -3.33. The molecule has 3 rings (SSSR count). The summed E-state index contributed by atoms with van der Waals surface area (Å²) in [6.07, 6.45) is 2.59. The zero-order chi connectivity index (χ0) is 19.6. The van der Waals surface area contributed by atoms with Crippen LogP contribution in [0.3, 0.4) is 0 Å². The zero-order valence-electron chi connectivity index (χ0n) is 15.3. The first kappa shape index (κ1) is 19.1. The van der Waals surface area contributed by atoms with Crippen LogP contribution in [0, 0.1) is 0 Å². The molecular weight excluding hydrogens is 366 g/mol. The lowest BCUT2D eigenvalue weighted by molar-refractivity contribution is 0.0474.